The van der Waals surface area contributed by atoms with Crippen molar-refractivity contribution in [2.24, 2.45) is 5.73 Å². The number of benzene rings is 1. The number of hydrogen-bond donors (Lipinski definition) is 2. The van der Waals surface area contributed by atoms with E-state index in [1.807, 2.05) is 0 Å². The first-order valence-corrected chi connectivity index (χ1v) is 10.7. The summed E-state index contributed by atoms with van der Waals surface area (Å²) in [6.07, 6.45) is -1.75. The van der Waals surface area contributed by atoms with Crippen LogP contribution in [-0.2, 0) is 22.1 Å². The lowest BCUT2D eigenvalue weighted by Crippen LogP contribution is -2.49. The summed E-state index contributed by atoms with van der Waals surface area (Å²) in [6, 6.07) is 2.19. The Bertz CT molecular complexity index is 1070. The molecule has 1 aromatic carbocycles. The summed E-state index contributed by atoms with van der Waals surface area (Å²) in [6.45, 7) is 1.77. The third-order valence-corrected chi connectivity index (χ3v) is 5.50. The molecule has 13 heteroatoms. The maximum atomic E-state index is 13.8. The second-order valence-electron chi connectivity index (χ2n) is 7.78. The fourth-order valence-corrected chi connectivity index (χ4v) is 3.64. The zero-order valence-corrected chi connectivity index (χ0v) is 18.6. The van der Waals surface area contributed by atoms with E-state index >= 15 is 0 Å². The Kier molecular flexibility index (Phi) is 8.33. The molecule has 35 heavy (non-hydrogen) atoms. The fourth-order valence-electron chi connectivity index (χ4n) is 3.64. The highest BCUT2D eigenvalue weighted by molar-refractivity contribution is 6.01. The molecule has 1 aliphatic heterocycles. The van der Waals surface area contributed by atoms with Gasteiger partial charge in [-0.25, -0.2) is 14.4 Å². The smallest absolute Gasteiger partial charge is 0.381 e. The van der Waals surface area contributed by atoms with Crippen LogP contribution in [0.4, 0.5) is 23.5 Å². The van der Waals surface area contributed by atoms with Gasteiger partial charge in [0.15, 0.2) is 0 Å². The van der Waals surface area contributed by atoms with Crippen molar-refractivity contribution in [2.75, 3.05) is 44.3 Å². The van der Waals surface area contributed by atoms with E-state index in [1.54, 1.807) is 9.80 Å². The molecule has 3 N–H and O–H groups in total. The summed E-state index contributed by atoms with van der Waals surface area (Å²) in [7, 11) is 0. The minimum atomic E-state index is -4.50. The van der Waals surface area contributed by atoms with Crippen LogP contribution in [0.2, 0.25) is 0 Å². The van der Waals surface area contributed by atoms with Crippen molar-refractivity contribution in [3.8, 4) is 0 Å². The second-order valence-corrected chi connectivity index (χ2v) is 7.78. The number of aromatic nitrogens is 2. The molecule has 1 aliphatic rings. The zero-order valence-electron chi connectivity index (χ0n) is 18.6. The van der Waals surface area contributed by atoms with Crippen LogP contribution < -0.4 is 10.6 Å². The number of carbonyl (C=O) groups excluding carboxylic acids is 2. The number of hydrogen-bond acceptors (Lipinski definition) is 7. The van der Waals surface area contributed by atoms with Gasteiger partial charge < -0.3 is 25.7 Å². The molecule has 0 radical (unpaired) electrons. The quantitative estimate of drug-likeness (QED) is 0.311. The van der Waals surface area contributed by atoms with E-state index in [4.69, 9.17) is 15.9 Å². The highest BCUT2D eigenvalue weighted by atomic mass is 19.4. The van der Waals surface area contributed by atoms with Crippen LogP contribution in [0.25, 0.3) is 0 Å². The molecule has 0 bridgehead atoms. The van der Waals surface area contributed by atoms with Gasteiger partial charge in [0.2, 0.25) is 17.8 Å². The number of alkyl halides is 3. The van der Waals surface area contributed by atoms with Crippen molar-refractivity contribution in [3.05, 3.63) is 52.6 Å². The highest BCUT2D eigenvalue weighted by Crippen LogP contribution is 2.28. The van der Waals surface area contributed by atoms with Gasteiger partial charge in [-0.1, -0.05) is 0 Å². The topological polar surface area (TPSA) is 126 Å². The van der Waals surface area contributed by atoms with Gasteiger partial charge in [-0.05, 0) is 24.1 Å². The minimum absolute atomic E-state index is 0.0778. The van der Waals surface area contributed by atoms with E-state index in [-0.39, 0.29) is 49.0 Å². The molecule has 2 heterocycles. The van der Waals surface area contributed by atoms with E-state index in [9.17, 15) is 27.2 Å². The van der Waals surface area contributed by atoms with E-state index in [1.165, 1.54) is 6.07 Å². The molecule has 0 atom stereocenters. The monoisotopic (exact) mass is 496 g/mol. The number of anilines is 1. The number of primary amides is 1. The SMILES string of the molecule is N=Cc1c(CCOCCC(=O)N2CCN(c3ncc(C(F)(F)F)cn3)CC2)cc(F)cc1C(N)=O. The van der Waals surface area contributed by atoms with E-state index in [0.29, 0.717) is 31.7 Å². The second kappa shape index (κ2) is 11.2. The normalized spacial score (nSPS) is 14.2. The minimum Gasteiger partial charge on any atom is -0.381 e. The van der Waals surface area contributed by atoms with E-state index < -0.39 is 23.5 Å². The zero-order chi connectivity index (χ0) is 25.6. The Balaban J connectivity index is 1.42. The number of ether oxygens (including phenoxy) is 1. The number of nitrogens with two attached hydrogens (primary N) is 1. The predicted octanol–water partition coefficient (Wildman–Crippen LogP) is 2.03. The lowest BCUT2D eigenvalue weighted by atomic mass is 9.99. The number of rotatable bonds is 9. The molecule has 9 nitrogen and oxygen atoms in total. The maximum absolute atomic E-state index is 13.8. The number of carbonyl (C=O) groups is 2. The molecular weight excluding hydrogens is 472 g/mol. The van der Waals surface area contributed by atoms with Gasteiger partial charge >= 0.3 is 6.18 Å². The summed E-state index contributed by atoms with van der Waals surface area (Å²) in [5.41, 5.74) is 4.87. The fraction of sp³-hybridized carbons (Fsp3) is 0.409. The third kappa shape index (κ3) is 6.72. The Morgan fingerprint density at radius 3 is 2.34 bits per heavy atom. The number of halogens is 4. The standard InChI is InChI=1S/C22H24F4N6O3/c23-16-9-14(18(11-27)17(10-16)20(28)34)1-7-35-8-2-19(33)31-3-5-32(6-4-31)21-29-12-15(13-30-21)22(24,25)26/h9-13,27H,1-8H2,(H2,28,34). The van der Waals surface area contributed by atoms with Crippen LogP contribution in [0.1, 0.15) is 33.5 Å². The molecule has 188 valence electrons. The van der Waals surface area contributed by atoms with E-state index in [2.05, 4.69) is 9.97 Å². The lowest BCUT2D eigenvalue weighted by molar-refractivity contribution is -0.138. The van der Waals surface area contributed by atoms with Gasteiger partial charge in [0, 0.05) is 50.4 Å². The third-order valence-electron chi connectivity index (χ3n) is 5.50. The summed E-state index contributed by atoms with van der Waals surface area (Å²) in [5, 5.41) is 7.48. The summed E-state index contributed by atoms with van der Waals surface area (Å²) in [4.78, 5) is 34.8. The molecule has 0 aliphatic carbocycles. The summed E-state index contributed by atoms with van der Waals surface area (Å²) < 4.78 is 57.2. The van der Waals surface area contributed by atoms with Crippen LogP contribution in [0.3, 0.4) is 0 Å². The first kappa shape index (κ1) is 26.0. The Hall–Kier alpha value is -3.61. The molecular formula is C22H24F4N6O3. The molecule has 2 aromatic rings. The van der Waals surface area contributed by atoms with Crippen molar-refractivity contribution >= 4 is 24.0 Å². The van der Waals surface area contributed by atoms with Crippen molar-refractivity contribution in [1.82, 2.24) is 14.9 Å². The van der Waals surface area contributed by atoms with Crippen LogP contribution in [-0.4, -0.2) is 72.3 Å². The molecule has 2 amide bonds. The molecule has 1 saturated heterocycles. The molecule has 1 fully saturated rings. The molecule has 0 saturated carbocycles. The summed E-state index contributed by atoms with van der Waals surface area (Å²) >= 11 is 0. The molecule has 1 aromatic heterocycles. The van der Waals surface area contributed by atoms with Crippen molar-refractivity contribution in [2.45, 2.75) is 19.0 Å². The van der Waals surface area contributed by atoms with Gasteiger partial charge in [-0.15, -0.1) is 0 Å². The Labute approximate surface area is 198 Å². The van der Waals surface area contributed by atoms with Gasteiger partial charge in [0.25, 0.3) is 0 Å². The first-order chi connectivity index (χ1) is 16.6. The van der Waals surface area contributed by atoms with E-state index in [0.717, 1.165) is 24.7 Å². The molecule has 0 unspecified atom stereocenters. The number of amides is 2. The number of piperazine rings is 1. The molecule has 0 spiro atoms. The van der Waals surface area contributed by atoms with Gasteiger partial charge in [-0.2, -0.15) is 13.2 Å². The maximum Gasteiger partial charge on any atom is 0.419 e. The highest BCUT2D eigenvalue weighted by Gasteiger charge is 2.32. The average Bonchev–Trinajstić information content (AvgIpc) is 2.83. The summed E-state index contributed by atoms with van der Waals surface area (Å²) in [5.74, 6) is -1.44. The first-order valence-electron chi connectivity index (χ1n) is 10.7. The van der Waals surface area contributed by atoms with Gasteiger partial charge in [0.1, 0.15) is 5.82 Å². The van der Waals surface area contributed by atoms with Crippen LogP contribution in [0, 0.1) is 11.2 Å². The molecule has 3 rings (SSSR count). The van der Waals surface area contributed by atoms with Gasteiger partial charge in [0.05, 0.1) is 30.8 Å². The van der Waals surface area contributed by atoms with Gasteiger partial charge in [-0.3, -0.25) is 9.59 Å². The average molecular weight is 496 g/mol. The number of nitrogens with one attached hydrogen (secondary N) is 1. The van der Waals surface area contributed by atoms with Crippen molar-refractivity contribution in [3.63, 3.8) is 0 Å². The van der Waals surface area contributed by atoms with Crippen LogP contribution >= 0.6 is 0 Å². The van der Waals surface area contributed by atoms with Crippen LogP contribution in [0.5, 0.6) is 0 Å². The lowest BCUT2D eigenvalue weighted by Gasteiger charge is -2.34. The van der Waals surface area contributed by atoms with Crippen LogP contribution in [0.15, 0.2) is 24.5 Å². The predicted molar refractivity (Wildman–Crippen MR) is 118 cm³/mol. The van der Waals surface area contributed by atoms with Crippen molar-refractivity contribution < 1.29 is 31.9 Å². The Morgan fingerprint density at radius 1 is 1.11 bits per heavy atom. The van der Waals surface area contributed by atoms with Crippen molar-refractivity contribution in [1.29, 1.82) is 5.41 Å². The number of nitrogens with zero attached hydrogens (tertiary/aromatic N) is 4. The Morgan fingerprint density at radius 2 is 1.77 bits per heavy atom. The largest absolute Gasteiger partial charge is 0.419 e.